The van der Waals surface area contributed by atoms with Gasteiger partial charge >= 0.3 is 0 Å². The van der Waals surface area contributed by atoms with Crippen LogP contribution in [0.5, 0.6) is 23.0 Å². The normalized spacial score (nSPS) is 15.6. The summed E-state index contributed by atoms with van der Waals surface area (Å²) >= 11 is 0. The van der Waals surface area contributed by atoms with Crippen molar-refractivity contribution in [2.75, 3.05) is 34.1 Å². The summed E-state index contributed by atoms with van der Waals surface area (Å²) in [6.07, 6.45) is 1.49. The molecule has 2 aliphatic rings. The van der Waals surface area contributed by atoms with Crippen molar-refractivity contribution in [3.05, 3.63) is 47.9 Å². The minimum Gasteiger partial charge on any atom is -0.497 e. The lowest BCUT2D eigenvalue weighted by molar-refractivity contribution is 0.0703. The summed E-state index contributed by atoms with van der Waals surface area (Å²) in [5.74, 6) is 3.72. The van der Waals surface area contributed by atoms with Crippen LogP contribution in [-0.4, -0.2) is 55.0 Å². The quantitative estimate of drug-likeness (QED) is 0.598. The number of piperidine rings is 1. The van der Waals surface area contributed by atoms with Crippen molar-refractivity contribution in [1.29, 1.82) is 0 Å². The molecule has 9 heteroatoms. The first kappa shape index (κ1) is 20.2. The van der Waals surface area contributed by atoms with Gasteiger partial charge in [-0.05, 0) is 43.2 Å². The number of nitrogens with zero attached hydrogens (tertiary/aromatic N) is 3. The summed E-state index contributed by atoms with van der Waals surface area (Å²) in [6.45, 7) is 1.42. The predicted octanol–water partition coefficient (Wildman–Crippen LogP) is 3.50. The first-order valence-electron chi connectivity index (χ1n) is 10.4. The van der Waals surface area contributed by atoms with E-state index < -0.39 is 0 Å². The van der Waals surface area contributed by atoms with Crippen LogP contribution < -0.4 is 18.9 Å². The number of rotatable bonds is 5. The first-order chi connectivity index (χ1) is 15.6. The molecule has 0 unspecified atom stereocenters. The molecule has 3 heterocycles. The third-order valence-electron chi connectivity index (χ3n) is 5.80. The Morgan fingerprint density at radius 1 is 1.00 bits per heavy atom. The summed E-state index contributed by atoms with van der Waals surface area (Å²) in [4.78, 5) is 19.4. The molecular formula is C23H23N3O6. The van der Waals surface area contributed by atoms with E-state index in [4.69, 9.17) is 23.5 Å². The predicted molar refractivity (Wildman–Crippen MR) is 113 cm³/mol. The number of fused-ring (bicyclic) bond motifs is 1. The molecule has 3 aromatic rings. The number of ether oxygens (including phenoxy) is 4. The van der Waals surface area contributed by atoms with Crippen molar-refractivity contribution in [2.45, 2.75) is 18.8 Å². The van der Waals surface area contributed by atoms with Gasteiger partial charge in [-0.3, -0.25) is 4.79 Å². The zero-order valence-electron chi connectivity index (χ0n) is 17.9. The van der Waals surface area contributed by atoms with Crippen LogP contribution in [0.2, 0.25) is 0 Å². The standard InChI is InChI=1S/C23H23N3O6/c1-28-17-9-16(10-18(12-17)29-2)23(27)26-7-5-14(6-8-26)22-24-21(25-32-22)15-3-4-19-20(11-15)31-13-30-19/h3-4,9-12,14H,5-8,13H2,1-2H3. The Balaban J connectivity index is 1.25. The zero-order valence-corrected chi connectivity index (χ0v) is 17.9. The number of hydrogen-bond donors (Lipinski definition) is 0. The molecule has 1 amide bonds. The van der Waals surface area contributed by atoms with Gasteiger partial charge in [-0.1, -0.05) is 5.16 Å². The van der Waals surface area contributed by atoms with Crippen molar-refractivity contribution < 1.29 is 28.3 Å². The lowest BCUT2D eigenvalue weighted by Gasteiger charge is -2.30. The van der Waals surface area contributed by atoms with Crippen LogP contribution in [-0.2, 0) is 0 Å². The van der Waals surface area contributed by atoms with E-state index in [9.17, 15) is 4.79 Å². The molecule has 0 radical (unpaired) electrons. The Morgan fingerprint density at radius 2 is 1.72 bits per heavy atom. The fraction of sp³-hybridized carbons (Fsp3) is 0.348. The van der Waals surface area contributed by atoms with Crippen LogP contribution in [0.25, 0.3) is 11.4 Å². The molecule has 0 atom stereocenters. The van der Waals surface area contributed by atoms with Gasteiger partial charge in [0, 0.05) is 36.2 Å². The third-order valence-corrected chi connectivity index (χ3v) is 5.80. The van der Waals surface area contributed by atoms with E-state index >= 15 is 0 Å². The fourth-order valence-electron chi connectivity index (χ4n) is 4.00. The van der Waals surface area contributed by atoms with Crippen LogP contribution >= 0.6 is 0 Å². The first-order valence-corrected chi connectivity index (χ1v) is 10.4. The van der Waals surface area contributed by atoms with Crippen molar-refractivity contribution in [1.82, 2.24) is 15.0 Å². The molecule has 166 valence electrons. The molecule has 9 nitrogen and oxygen atoms in total. The van der Waals surface area contributed by atoms with Crippen molar-refractivity contribution >= 4 is 5.91 Å². The average molecular weight is 437 g/mol. The maximum atomic E-state index is 13.0. The van der Waals surface area contributed by atoms with Crippen LogP contribution in [0.15, 0.2) is 40.9 Å². The van der Waals surface area contributed by atoms with Gasteiger partial charge in [0.05, 0.1) is 14.2 Å². The van der Waals surface area contributed by atoms with Gasteiger partial charge in [-0.25, -0.2) is 0 Å². The largest absolute Gasteiger partial charge is 0.497 e. The smallest absolute Gasteiger partial charge is 0.254 e. The Morgan fingerprint density at radius 3 is 2.44 bits per heavy atom. The van der Waals surface area contributed by atoms with Gasteiger partial charge in [0.25, 0.3) is 5.91 Å². The molecule has 5 rings (SSSR count). The van der Waals surface area contributed by atoms with Gasteiger partial charge in [-0.2, -0.15) is 4.98 Å². The topological polar surface area (TPSA) is 96.2 Å². The fourth-order valence-corrected chi connectivity index (χ4v) is 4.00. The highest BCUT2D eigenvalue weighted by atomic mass is 16.7. The van der Waals surface area contributed by atoms with E-state index in [0.29, 0.717) is 53.4 Å². The van der Waals surface area contributed by atoms with E-state index in [1.165, 1.54) is 0 Å². The van der Waals surface area contributed by atoms with Crippen molar-refractivity contribution in [2.24, 2.45) is 0 Å². The molecule has 2 aliphatic heterocycles. The maximum absolute atomic E-state index is 13.0. The average Bonchev–Trinajstić information content (AvgIpc) is 3.52. The highest BCUT2D eigenvalue weighted by Crippen LogP contribution is 2.36. The molecule has 1 saturated heterocycles. The number of likely N-dealkylation sites (tertiary alicyclic amines) is 1. The van der Waals surface area contributed by atoms with Crippen LogP contribution in [0, 0.1) is 0 Å². The third kappa shape index (κ3) is 3.81. The Kier molecular flexibility index (Phi) is 5.30. The minimum absolute atomic E-state index is 0.0489. The number of carbonyl (C=O) groups excluding carboxylic acids is 1. The molecule has 0 N–H and O–H groups in total. The zero-order chi connectivity index (χ0) is 22.1. The Labute approximate surface area is 184 Å². The number of carbonyl (C=O) groups is 1. The Hall–Kier alpha value is -3.75. The van der Waals surface area contributed by atoms with E-state index in [1.54, 1.807) is 32.4 Å². The second-order valence-corrected chi connectivity index (χ2v) is 7.69. The van der Waals surface area contributed by atoms with E-state index in [1.807, 2.05) is 23.1 Å². The van der Waals surface area contributed by atoms with Gasteiger partial charge in [0.15, 0.2) is 11.5 Å². The highest BCUT2D eigenvalue weighted by Gasteiger charge is 2.29. The number of amides is 1. The number of hydrogen-bond acceptors (Lipinski definition) is 8. The molecule has 1 fully saturated rings. The van der Waals surface area contributed by atoms with Gasteiger partial charge < -0.3 is 28.4 Å². The van der Waals surface area contributed by atoms with E-state index in [-0.39, 0.29) is 18.6 Å². The second kappa shape index (κ2) is 8.41. The molecular weight excluding hydrogens is 414 g/mol. The van der Waals surface area contributed by atoms with Gasteiger partial charge in [-0.15, -0.1) is 0 Å². The molecule has 32 heavy (non-hydrogen) atoms. The van der Waals surface area contributed by atoms with E-state index in [0.717, 1.165) is 18.4 Å². The number of methoxy groups -OCH3 is 2. The molecule has 1 aromatic heterocycles. The van der Waals surface area contributed by atoms with Crippen LogP contribution in [0.4, 0.5) is 0 Å². The summed E-state index contributed by atoms with van der Waals surface area (Å²) < 4.78 is 26.9. The van der Waals surface area contributed by atoms with Crippen molar-refractivity contribution in [3.8, 4) is 34.4 Å². The molecule has 0 saturated carbocycles. The SMILES string of the molecule is COc1cc(OC)cc(C(=O)N2CCC(c3nc(-c4ccc5c(c4)OCO5)no3)CC2)c1. The minimum atomic E-state index is -0.0489. The summed E-state index contributed by atoms with van der Waals surface area (Å²) in [6, 6.07) is 10.8. The summed E-state index contributed by atoms with van der Waals surface area (Å²) in [5.41, 5.74) is 1.35. The second-order valence-electron chi connectivity index (χ2n) is 7.69. The molecule has 0 spiro atoms. The lowest BCUT2D eigenvalue weighted by atomic mass is 9.96. The molecule has 0 aliphatic carbocycles. The number of benzene rings is 2. The van der Waals surface area contributed by atoms with Crippen molar-refractivity contribution in [3.63, 3.8) is 0 Å². The van der Waals surface area contributed by atoms with Crippen LogP contribution in [0.3, 0.4) is 0 Å². The molecule has 0 bridgehead atoms. The monoisotopic (exact) mass is 437 g/mol. The van der Waals surface area contributed by atoms with Crippen LogP contribution in [0.1, 0.15) is 35.0 Å². The summed E-state index contributed by atoms with van der Waals surface area (Å²) in [5, 5.41) is 4.14. The lowest BCUT2D eigenvalue weighted by Crippen LogP contribution is -2.38. The highest BCUT2D eigenvalue weighted by molar-refractivity contribution is 5.95. The summed E-state index contributed by atoms with van der Waals surface area (Å²) in [7, 11) is 3.13. The van der Waals surface area contributed by atoms with E-state index in [2.05, 4.69) is 10.1 Å². The van der Waals surface area contributed by atoms with Gasteiger partial charge in [0.2, 0.25) is 18.5 Å². The Bertz CT molecular complexity index is 1110. The number of aromatic nitrogens is 2. The molecule has 2 aromatic carbocycles. The maximum Gasteiger partial charge on any atom is 0.254 e. The van der Waals surface area contributed by atoms with Gasteiger partial charge in [0.1, 0.15) is 11.5 Å².